The molecule has 0 saturated heterocycles. The Morgan fingerprint density at radius 1 is 1.12 bits per heavy atom. The lowest BCUT2D eigenvalue weighted by molar-refractivity contribution is 0.607. The molecular formula is C17H18N6S. The monoisotopic (exact) mass is 338 g/mol. The van der Waals surface area contributed by atoms with Crippen molar-refractivity contribution in [1.29, 1.82) is 0 Å². The number of hydrogen-bond acceptors (Lipinski definition) is 5. The third-order valence-electron chi connectivity index (χ3n) is 3.89. The average molecular weight is 338 g/mol. The van der Waals surface area contributed by atoms with Crippen molar-refractivity contribution in [2.45, 2.75) is 27.2 Å². The van der Waals surface area contributed by atoms with Crippen molar-refractivity contribution in [3.8, 4) is 16.3 Å². The molecule has 0 unspecified atom stereocenters. The molecule has 0 fully saturated rings. The van der Waals surface area contributed by atoms with Crippen molar-refractivity contribution in [2.24, 2.45) is 5.92 Å². The minimum Gasteiger partial charge on any atom is -0.237 e. The first-order valence-electron chi connectivity index (χ1n) is 7.95. The summed E-state index contributed by atoms with van der Waals surface area (Å²) in [5.41, 5.74) is 3.14. The van der Waals surface area contributed by atoms with Crippen LogP contribution in [0.15, 0.2) is 36.5 Å². The molecule has 0 atom stereocenters. The fourth-order valence-corrected chi connectivity index (χ4v) is 3.63. The van der Waals surface area contributed by atoms with Crippen LogP contribution in [0.4, 0.5) is 0 Å². The number of fused-ring (bicyclic) bond motifs is 1. The van der Waals surface area contributed by atoms with Gasteiger partial charge in [-0.3, -0.25) is 0 Å². The minimum atomic E-state index is 0.519. The molecule has 4 aromatic rings. The molecule has 0 aliphatic heterocycles. The molecule has 0 bridgehead atoms. The highest BCUT2D eigenvalue weighted by Gasteiger charge is 2.17. The van der Waals surface area contributed by atoms with E-state index in [2.05, 4.69) is 36.1 Å². The standard InChI is InChI=1S/C17H18N6S/c1-11(2)9-15-19-20-17-23(15)21-16(24-17)14-10-18-22(12(14)3)13-7-5-4-6-8-13/h4-8,10-11H,9H2,1-3H3. The number of aromatic nitrogens is 6. The maximum Gasteiger partial charge on any atom is 0.234 e. The lowest BCUT2D eigenvalue weighted by Crippen LogP contribution is -2.01. The van der Waals surface area contributed by atoms with E-state index in [0.29, 0.717) is 5.92 Å². The van der Waals surface area contributed by atoms with Crippen LogP contribution in [0.5, 0.6) is 0 Å². The molecule has 1 aromatic carbocycles. The Labute approximate surface area is 143 Å². The fourth-order valence-electron chi connectivity index (χ4n) is 2.71. The highest BCUT2D eigenvalue weighted by molar-refractivity contribution is 7.19. The summed E-state index contributed by atoms with van der Waals surface area (Å²) < 4.78 is 3.80. The van der Waals surface area contributed by atoms with E-state index in [0.717, 1.165) is 39.2 Å². The van der Waals surface area contributed by atoms with Crippen LogP contribution >= 0.6 is 11.3 Å². The van der Waals surface area contributed by atoms with Gasteiger partial charge >= 0.3 is 0 Å². The zero-order chi connectivity index (χ0) is 16.7. The van der Waals surface area contributed by atoms with Gasteiger partial charge in [0.25, 0.3) is 0 Å². The zero-order valence-corrected chi connectivity index (χ0v) is 14.7. The highest BCUT2D eigenvalue weighted by atomic mass is 32.1. The summed E-state index contributed by atoms with van der Waals surface area (Å²) in [7, 11) is 0. The largest absolute Gasteiger partial charge is 0.237 e. The summed E-state index contributed by atoms with van der Waals surface area (Å²) in [6.07, 6.45) is 2.74. The zero-order valence-electron chi connectivity index (χ0n) is 13.8. The number of benzene rings is 1. The highest BCUT2D eigenvalue weighted by Crippen LogP contribution is 2.29. The van der Waals surface area contributed by atoms with Crippen molar-refractivity contribution >= 4 is 16.3 Å². The Kier molecular flexibility index (Phi) is 3.65. The van der Waals surface area contributed by atoms with Crippen LogP contribution in [-0.2, 0) is 6.42 Å². The van der Waals surface area contributed by atoms with Crippen LogP contribution in [0.25, 0.3) is 21.2 Å². The molecule has 6 nitrogen and oxygen atoms in total. The van der Waals surface area contributed by atoms with Crippen molar-refractivity contribution in [1.82, 2.24) is 29.6 Å². The first kappa shape index (κ1) is 15.0. The Morgan fingerprint density at radius 3 is 2.67 bits per heavy atom. The second-order valence-corrected chi connectivity index (χ2v) is 7.16. The Balaban J connectivity index is 1.76. The van der Waals surface area contributed by atoms with Crippen LogP contribution in [-0.4, -0.2) is 29.6 Å². The summed E-state index contributed by atoms with van der Waals surface area (Å²) >= 11 is 1.55. The number of nitrogens with zero attached hydrogens (tertiary/aromatic N) is 6. The molecule has 0 aliphatic carbocycles. The average Bonchev–Trinajstić information content (AvgIpc) is 3.23. The van der Waals surface area contributed by atoms with Crippen LogP contribution in [0, 0.1) is 12.8 Å². The van der Waals surface area contributed by atoms with E-state index in [1.807, 2.05) is 45.7 Å². The Bertz CT molecular complexity index is 979. The summed E-state index contributed by atoms with van der Waals surface area (Å²) in [4.78, 5) is 0.826. The van der Waals surface area contributed by atoms with Crippen LogP contribution in [0.2, 0.25) is 0 Å². The molecule has 4 rings (SSSR count). The van der Waals surface area contributed by atoms with E-state index in [9.17, 15) is 0 Å². The maximum atomic E-state index is 4.72. The third kappa shape index (κ3) is 2.50. The van der Waals surface area contributed by atoms with Gasteiger partial charge in [0.1, 0.15) is 0 Å². The fraction of sp³-hybridized carbons (Fsp3) is 0.294. The third-order valence-corrected chi connectivity index (χ3v) is 4.82. The van der Waals surface area contributed by atoms with Crippen molar-refractivity contribution in [3.05, 3.63) is 48.0 Å². The van der Waals surface area contributed by atoms with Crippen LogP contribution in [0.1, 0.15) is 25.4 Å². The molecule has 3 heterocycles. The van der Waals surface area contributed by atoms with Gasteiger partial charge in [-0.1, -0.05) is 43.4 Å². The molecule has 0 aliphatic rings. The Hall–Kier alpha value is -2.54. The van der Waals surface area contributed by atoms with Gasteiger partial charge in [-0.05, 0) is 25.0 Å². The predicted molar refractivity (Wildman–Crippen MR) is 94.5 cm³/mol. The molecule has 0 radical (unpaired) electrons. The van der Waals surface area contributed by atoms with Crippen LogP contribution < -0.4 is 0 Å². The molecule has 0 N–H and O–H groups in total. The van der Waals surface area contributed by atoms with E-state index in [-0.39, 0.29) is 0 Å². The second-order valence-electron chi connectivity index (χ2n) is 6.21. The molecule has 3 aromatic heterocycles. The van der Waals surface area contributed by atoms with Gasteiger partial charge in [-0.2, -0.15) is 14.7 Å². The van der Waals surface area contributed by atoms with Gasteiger partial charge in [-0.15, -0.1) is 10.2 Å². The first-order valence-corrected chi connectivity index (χ1v) is 8.76. The van der Waals surface area contributed by atoms with E-state index >= 15 is 0 Å². The minimum absolute atomic E-state index is 0.519. The summed E-state index contributed by atoms with van der Waals surface area (Å²) in [6.45, 7) is 6.40. The maximum absolute atomic E-state index is 4.72. The van der Waals surface area contributed by atoms with E-state index in [1.54, 1.807) is 11.3 Å². The molecule has 0 spiro atoms. The van der Waals surface area contributed by atoms with Crippen molar-refractivity contribution in [3.63, 3.8) is 0 Å². The first-order chi connectivity index (χ1) is 11.6. The summed E-state index contributed by atoms with van der Waals surface area (Å²) in [5, 5.41) is 18.7. The molecular weight excluding hydrogens is 320 g/mol. The Morgan fingerprint density at radius 2 is 1.92 bits per heavy atom. The normalized spacial score (nSPS) is 11.7. The number of rotatable bonds is 4. The lowest BCUT2D eigenvalue weighted by Gasteiger charge is -2.04. The van der Waals surface area contributed by atoms with E-state index in [1.165, 1.54) is 0 Å². The summed E-state index contributed by atoms with van der Waals surface area (Å²) in [6, 6.07) is 10.1. The topological polar surface area (TPSA) is 60.9 Å². The molecule has 0 saturated carbocycles. The van der Waals surface area contributed by atoms with Gasteiger partial charge in [-0.25, -0.2) is 4.68 Å². The van der Waals surface area contributed by atoms with Crippen LogP contribution in [0.3, 0.4) is 0 Å². The molecule has 24 heavy (non-hydrogen) atoms. The van der Waals surface area contributed by atoms with Gasteiger partial charge in [0.05, 0.1) is 23.1 Å². The van der Waals surface area contributed by atoms with Gasteiger partial charge in [0.15, 0.2) is 10.8 Å². The molecule has 0 amide bonds. The lowest BCUT2D eigenvalue weighted by atomic mass is 10.1. The number of para-hydroxylation sites is 1. The SMILES string of the molecule is Cc1c(-c2nn3c(CC(C)C)nnc3s2)cnn1-c1ccccc1. The second kappa shape index (κ2) is 5.83. The molecule has 122 valence electrons. The van der Waals surface area contributed by atoms with E-state index in [4.69, 9.17) is 5.10 Å². The van der Waals surface area contributed by atoms with Gasteiger partial charge < -0.3 is 0 Å². The van der Waals surface area contributed by atoms with E-state index < -0.39 is 0 Å². The van der Waals surface area contributed by atoms with Crippen molar-refractivity contribution in [2.75, 3.05) is 0 Å². The van der Waals surface area contributed by atoms with Gasteiger partial charge in [0, 0.05) is 6.42 Å². The number of hydrogen-bond donors (Lipinski definition) is 0. The smallest absolute Gasteiger partial charge is 0.234 e. The summed E-state index contributed by atoms with van der Waals surface area (Å²) in [5.74, 6) is 1.43. The molecule has 7 heteroatoms. The predicted octanol–water partition coefficient (Wildman–Crippen LogP) is 3.55. The van der Waals surface area contributed by atoms with Crippen molar-refractivity contribution < 1.29 is 0 Å². The quantitative estimate of drug-likeness (QED) is 0.571. The van der Waals surface area contributed by atoms with Gasteiger partial charge in [0.2, 0.25) is 4.96 Å².